The van der Waals surface area contributed by atoms with Gasteiger partial charge in [-0.1, -0.05) is 23.7 Å². The predicted molar refractivity (Wildman–Crippen MR) is 106 cm³/mol. The summed E-state index contributed by atoms with van der Waals surface area (Å²) in [5.74, 6) is 0.512. The number of aromatic nitrogens is 2. The smallest absolute Gasteiger partial charge is 0.417 e. The van der Waals surface area contributed by atoms with Crippen molar-refractivity contribution in [3.8, 4) is 11.6 Å². The summed E-state index contributed by atoms with van der Waals surface area (Å²) in [5, 5.41) is 2.03. The molecule has 0 unspecified atom stereocenters. The minimum atomic E-state index is -4.60. The molecule has 0 aliphatic heterocycles. The number of alkyl halides is 3. The van der Waals surface area contributed by atoms with Crippen molar-refractivity contribution < 1.29 is 22.7 Å². The lowest BCUT2D eigenvalue weighted by atomic mass is 10.1. The van der Waals surface area contributed by atoms with Gasteiger partial charge in [0.25, 0.3) is 0 Å². The largest absolute Gasteiger partial charge is 0.439 e. The van der Waals surface area contributed by atoms with Gasteiger partial charge >= 0.3 is 6.18 Å². The Bertz CT molecular complexity index is 1040. The maximum Gasteiger partial charge on any atom is 0.417 e. The molecular weight excluding hydrogens is 421 g/mol. The number of rotatable bonds is 6. The van der Waals surface area contributed by atoms with E-state index in [1.165, 1.54) is 12.3 Å². The number of nitrogen functional groups attached to an aromatic ring is 1. The number of nitrogens with two attached hydrogens (primary N) is 1. The van der Waals surface area contributed by atoms with Crippen LogP contribution < -0.4 is 15.8 Å². The van der Waals surface area contributed by atoms with E-state index in [1.54, 1.807) is 30.3 Å². The van der Waals surface area contributed by atoms with Crippen molar-refractivity contribution >= 4 is 29.1 Å². The molecule has 0 saturated heterocycles. The first kappa shape index (κ1) is 21.4. The molecular formula is C20H16ClF3N4O2. The van der Waals surface area contributed by atoms with Crippen LogP contribution in [0.2, 0.25) is 5.02 Å². The van der Waals surface area contributed by atoms with Gasteiger partial charge < -0.3 is 15.8 Å². The van der Waals surface area contributed by atoms with Crippen LogP contribution in [0.3, 0.4) is 0 Å². The molecule has 30 heavy (non-hydrogen) atoms. The molecule has 1 heterocycles. The Balaban J connectivity index is 1.55. The number of halogens is 4. The third-order valence-corrected chi connectivity index (χ3v) is 4.32. The second kappa shape index (κ2) is 9.00. The summed E-state index contributed by atoms with van der Waals surface area (Å²) in [6.07, 6.45) is -2.64. The molecule has 2 aromatic carbocycles. The molecule has 0 aliphatic rings. The van der Waals surface area contributed by atoms with Crippen LogP contribution in [0.25, 0.3) is 0 Å². The van der Waals surface area contributed by atoms with Crippen molar-refractivity contribution in [2.45, 2.75) is 19.0 Å². The summed E-state index contributed by atoms with van der Waals surface area (Å²) in [5.41, 5.74) is 5.38. The van der Waals surface area contributed by atoms with E-state index in [2.05, 4.69) is 15.3 Å². The minimum Gasteiger partial charge on any atom is -0.439 e. The van der Waals surface area contributed by atoms with E-state index in [-0.39, 0.29) is 18.1 Å². The quantitative estimate of drug-likeness (QED) is 0.561. The molecule has 10 heteroatoms. The lowest BCUT2D eigenvalue weighted by molar-refractivity contribution is -0.137. The van der Waals surface area contributed by atoms with Crippen molar-refractivity contribution in [3.63, 3.8) is 0 Å². The van der Waals surface area contributed by atoms with Gasteiger partial charge in [0.2, 0.25) is 17.7 Å². The summed E-state index contributed by atoms with van der Waals surface area (Å²) < 4.78 is 44.3. The van der Waals surface area contributed by atoms with E-state index in [1.807, 2.05) is 0 Å². The fraction of sp³-hybridized carbons (Fsp3) is 0.150. The number of hydrogen-bond acceptors (Lipinski definition) is 5. The highest BCUT2D eigenvalue weighted by molar-refractivity contribution is 6.31. The molecule has 0 spiro atoms. The van der Waals surface area contributed by atoms with E-state index in [4.69, 9.17) is 22.1 Å². The SMILES string of the molecule is Nc1nccc(Oc2ccc(CCC(=O)Nc3ccc(Cl)c(C(F)(F)F)c3)cc2)n1. The highest BCUT2D eigenvalue weighted by Gasteiger charge is 2.33. The number of anilines is 2. The van der Waals surface area contributed by atoms with Crippen LogP contribution >= 0.6 is 11.6 Å². The maximum atomic E-state index is 12.9. The van der Waals surface area contributed by atoms with Gasteiger partial charge in [-0.2, -0.15) is 18.2 Å². The van der Waals surface area contributed by atoms with E-state index in [0.717, 1.165) is 17.7 Å². The first-order valence-corrected chi connectivity index (χ1v) is 9.10. The van der Waals surface area contributed by atoms with E-state index >= 15 is 0 Å². The first-order valence-electron chi connectivity index (χ1n) is 8.72. The summed E-state index contributed by atoms with van der Waals surface area (Å²) in [6.45, 7) is 0. The van der Waals surface area contributed by atoms with Gasteiger partial charge in [0.15, 0.2) is 0 Å². The van der Waals surface area contributed by atoms with Crippen LogP contribution in [0.5, 0.6) is 11.6 Å². The third kappa shape index (κ3) is 5.84. The van der Waals surface area contributed by atoms with Gasteiger partial charge in [-0.25, -0.2) is 4.98 Å². The highest BCUT2D eigenvalue weighted by atomic mass is 35.5. The number of carbonyl (C=O) groups excluding carboxylic acids is 1. The van der Waals surface area contributed by atoms with Crippen LogP contribution in [0, 0.1) is 0 Å². The highest BCUT2D eigenvalue weighted by Crippen LogP contribution is 2.36. The Labute approximate surface area is 174 Å². The monoisotopic (exact) mass is 436 g/mol. The molecule has 0 fully saturated rings. The second-order valence-corrected chi connectivity index (χ2v) is 6.65. The van der Waals surface area contributed by atoms with Crippen molar-refractivity contribution in [1.82, 2.24) is 9.97 Å². The van der Waals surface area contributed by atoms with E-state index in [9.17, 15) is 18.0 Å². The number of nitrogens with one attached hydrogen (secondary N) is 1. The van der Waals surface area contributed by atoms with Crippen LogP contribution in [-0.2, 0) is 17.4 Å². The normalized spacial score (nSPS) is 11.2. The number of ether oxygens (including phenoxy) is 1. The number of hydrogen-bond donors (Lipinski definition) is 2. The lowest BCUT2D eigenvalue weighted by Gasteiger charge is -2.12. The van der Waals surface area contributed by atoms with E-state index < -0.39 is 22.7 Å². The molecule has 0 atom stereocenters. The summed E-state index contributed by atoms with van der Waals surface area (Å²) in [4.78, 5) is 19.8. The fourth-order valence-corrected chi connectivity index (χ4v) is 2.78. The van der Waals surface area contributed by atoms with Crippen LogP contribution in [0.1, 0.15) is 17.5 Å². The Hall–Kier alpha value is -3.33. The third-order valence-electron chi connectivity index (χ3n) is 3.99. The molecule has 1 aromatic heterocycles. The maximum absolute atomic E-state index is 12.9. The molecule has 0 aliphatic carbocycles. The van der Waals surface area contributed by atoms with Gasteiger partial charge in [-0.3, -0.25) is 4.79 Å². The molecule has 1 amide bonds. The predicted octanol–water partition coefficient (Wildman–Crippen LogP) is 5.09. The fourth-order valence-electron chi connectivity index (χ4n) is 2.56. The zero-order valence-electron chi connectivity index (χ0n) is 15.4. The van der Waals surface area contributed by atoms with Gasteiger partial charge in [0.05, 0.1) is 10.6 Å². The Kier molecular flexibility index (Phi) is 6.41. The molecule has 0 bridgehead atoms. The number of benzene rings is 2. The number of carbonyl (C=O) groups is 1. The zero-order valence-corrected chi connectivity index (χ0v) is 16.2. The molecule has 3 rings (SSSR count). The minimum absolute atomic E-state index is 0.0320. The van der Waals surface area contributed by atoms with Gasteiger partial charge in [-0.05, 0) is 42.3 Å². The summed E-state index contributed by atoms with van der Waals surface area (Å²) >= 11 is 5.57. The molecule has 156 valence electrons. The van der Waals surface area contributed by atoms with Crippen molar-refractivity contribution in [3.05, 3.63) is 70.9 Å². The summed E-state index contributed by atoms with van der Waals surface area (Å²) in [7, 11) is 0. The number of aryl methyl sites for hydroxylation is 1. The first-order chi connectivity index (χ1) is 14.2. The van der Waals surface area contributed by atoms with Crippen LogP contribution in [0.4, 0.5) is 24.8 Å². The standard InChI is InChI=1S/C20H16ClF3N4O2/c21-16-7-4-13(11-15(16)20(22,23)24)27-17(29)8-3-12-1-5-14(6-2-12)30-18-9-10-26-19(25)28-18/h1-2,4-7,9-11H,3,8H2,(H,27,29)(H2,25,26,28). The average Bonchev–Trinajstić information content (AvgIpc) is 2.68. The molecule has 3 aromatic rings. The van der Waals surface area contributed by atoms with Gasteiger partial charge in [-0.15, -0.1) is 0 Å². The van der Waals surface area contributed by atoms with Gasteiger partial charge in [0, 0.05) is 24.4 Å². The molecule has 6 nitrogen and oxygen atoms in total. The number of amides is 1. The van der Waals surface area contributed by atoms with Crippen molar-refractivity contribution in [2.75, 3.05) is 11.1 Å². The van der Waals surface area contributed by atoms with Crippen LogP contribution in [-0.4, -0.2) is 15.9 Å². The Morgan fingerprint density at radius 2 is 1.87 bits per heavy atom. The Morgan fingerprint density at radius 1 is 1.13 bits per heavy atom. The topological polar surface area (TPSA) is 90.1 Å². The zero-order chi connectivity index (χ0) is 21.7. The molecule has 0 radical (unpaired) electrons. The molecule has 0 saturated carbocycles. The number of nitrogens with zero attached hydrogens (tertiary/aromatic N) is 2. The van der Waals surface area contributed by atoms with Crippen molar-refractivity contribution in [2.24, 2.45) is 0 Å². The second-order valence-electron chi connectivity index (χ2n) is 6.24. The van der Waals surface area contributed by atoms with Crippen molar-refractivity contribution in [1.29, 1.82) is 0 Å². The summed E-state index contributed by atoms with van der Waals surface area (Å²) in [6, 6.07) is 11.8. The van der Waals surface area contributed by atoms with Crippen LogP contribution in [0.15, 0.2) is 54.7 Å². The van der Waals surface area contributed by atoms with Gasteiger partial charge in [0.1, 0.15) is 5.75 Å². The Morgan fingerprint density at radius 3 is 2.53 bits per heavy atom. The lowest BCUT2D eigenvalue weighted by Crippen LogP contribution is -2.14. The average molecular weight is 437 g/mol. The van der Waals surface area contributed by atoms with E-state index in [0.29, 0.717) is 18.1 Å². The molecule has 3 N–H and O–H groups in total.